The van der Waals surface area contributed by atoms with Gasteiger partial charge in [-0.1, -0.05) is 15.9 Å². The number of benzene rings is 1. The lowest BCUT2D eigenvalue weighted by molar-refractivity contribution is 0.101. The van der Waals surface area contributed by atoms with E-state index in [9.17, 15) is 18.8 Å². The van der Waals surface area contributed by atoms with Crippen molar-refractivity contribution in [3.63, 3.8) is 0 Å². The van der Waals surface area contributed by atoms with Gasteiger partial charge in [0.2, 0.25) is 0 Å². The molecule has 0 aliphatic heterocycles. The lowest BCUT2D eigenvalue weighted by Crippen LogP contribution is -2.40. The molecule has 21 heavy (non-hydrogen) atoms. The number of carbonyl (C=O) groups is 1. The van der Waals surface area contributed by atoms with Gasteiger partial charge in [0.25, 0.3) is 5.56 Å². The highest BCUT2D eigenvalue weighted by atomic mass is 79.9. The van der Waals surface area contributed by atoms with E-state index in [0.717, 1.165) is 9.13 Å². The van der Waals surface area contributed by atoms with Crippen LogP contribution in [0.3, 0.4) is 0 Å². The van der Waals surface area contributed by atoms with Crippen LogP contribution in [-0.2, 0) is 13.6 Å². The molecule has 0 saturated heterocycles. The molecule has 0 radical (unpaired) electrons. The predicted octanol–water partition coefficient (Wildman–Crippen LogP) is 1.70. The fourth-order valence-electron chi connectivity index (χ4n) is 1.93. The Hall–Kier alpha value is -2.02. The summed E-state index contributed by atoms with van der Waals surface area (Å²) in [6, 6.07) is 4.36. The summed E-state index contributed by atoms with van der Waals surface area (Å²) >= 11 is 3.23. The van der Waals surface area contributed by atoms with Crippen LogP contribution in [0.5, 0.6) is 0 Å². The molecule has 0 spiro atoms. The molecule has 2 rings (SSSR count). The molecule has 0 bridgehead atoms. The van der Waals surface area contributed by atoms with Gasteiger partial charge in [0, 0.05) is 23.3 Å². The number of carbonyl (C=O) groups excluding carboxylic acids is 1. The molecular weight excluding hydrogens is 343 g/mol. The second-order valence-corrected chi connectivity index (χ2v) is 5.53. The van der Waals surface area contributed by atoms with E-state index in [1.165, 1.54) is 26.2 Å². The van der Waals surface area contributed by atoms with E-state index >= 15 is 0 Å². The van der Waals surface area contributed by atoms with Crippen LogP contribution in [0, 0.1) is 5.82 Å². The Labute approximate surface area is 127 Å². The van der Waals surface area contributed by atoms with Gasteiger partial charge in [-0.2, -0.15) is 0 Å². The summed E-state index contributed by atoms with van der Waals surface area (Å²) in [5.74, 6) is -0.914. The van der Waals surface area contributed by atoms with Gasteiger partial charge in [-0.25, -0.2) is 9.18 Å². The van der Waals surface area contributed by atoms with Crippen molar-refractivity contribution in [2.75, 3.05) is 0 Å². The number of hydrogen-bond donors (Lipinski definition) is 0. The first-order valence-corrected chi connectivity index (χ1v) is 6.86. The van der Waals surface area contributed by atoms with Gasteiger partial charge in [-0.3, -0.25) is 18.7 Å². The first-order chi connectivity index (χ1) is 9.81. The number of rotatable bonds is 3. The highest BCUT2D eigenvalue weighted by molar-refractivity contribution is 9.10. The number of nitrogens with zero attached hydrogens (tertiary/aromatic N) is 2. The average molecular weight is 355 g/mol. The van der Waals surface area contributed by atoms with Gasteiger partial charge in [0.05, 0.1) is 12.1 Å². The molecule has 0 saturated carbocycles. The lowest BCUT2D eigenvalue weighted by atomic mass is 10.2. The first kappa shape index (κ1) is 15.4. The van der Waals surface area contributed by atoms with E-state index in [1.54, 1.807) is 12.1 Å². The summed E-state index contributed by atoms with van der Waals surface area (Å²) in [7, 11) is 1.28. The molecule has 2 aromatic rings. The van der Waals surface area contributed by atoms with Crippen LogP contribution in [0.2, 0.25) is 0 Å². The van der Waals surface area contributed by atoms with Crippen LogP contribution < -0.4 is 11.2 Å². The maximum absolute atomic E-state index is 13.8. The van der Waals surface area contributed by atoms with E-state index < -0.39 is 22.8 Å². The molecule has 0 N–H and O–H groups in total. The molecule has 0 atom stereocenters. The summed E-state index contributed by atoms with van der Waals surface area (Å²) in [6.45, 7) is 1.17. The molecule has 5 nitrogen and oxygen atoms in total. The van der Waals surface area contributed by atoms with Gasteiger partial charge in [-0.15, -0.1) is 0 Å². The quantitative estimate of drug-likeness (QED) is 0.788. The summed E-state index contributed by atoms with van der Waals surface area (Å²) in [5.41, 5.74) is -1.09. The minimum absolute atomic E-state index is 0.0709. The monoisotopic (exact) mass is 354 g/mol. The molecule has 0 aliphatic rings. The second-order valence-electron chi connectivity index (χ2n) is 4.61. The number of aromatic nitrogens is 2. The van der Waals surface area contributed by atoms with E-state index in [0.29, 0.717) is 4.47 Å². The van der Waals surface area contributed by atoms with Crippen molar-refractivity contribution >= 4 is 21.7 Å². The summed E-state index contributed by atoms with van der Waals surface area (Å²) in [4.78, 5) is 35.3. The van der Waals surface area contributed by atoms with E-state index in [1.807, 2.05) is 0 Å². The van der Waals surface area contributed by atoms with Crippen LogP contribution in [0.4, 0.5) is 4.39 Å². The van der Waals surface area contributed by atoms with Crippen LogP contribution in [0.25, 0.3) is 0 Å². The smallest absolute Gasteiger partial charge is 0.295 e. The molecule has 0 fully saturated rings. The van der Waals surface area contributed by atoms with Crippen molar-refractivity contribution in [1.29, 1.82) is 0 Å². The van der Waals surface area contributed by atoms with Gasteiger partial charge in [-0.05, 0) is 25.1 Å². The zero-order chi connectivity index (χ0) is 15.7. The SMILES string of the molecule is CC(=O)c1cn(Cc2cc(Br)ccc2F)c(=O)n(C)c1=O. The highest BCUT2D eigenvalue weighted by Crippen LogP contribution is 2.16. The topological polar surface area (TPSA) is 61.1 Å². The minimum atomic E-state index is -0.654. The fraction of sp³-hybridized carbons (Fsp3) is 0.214. The second kappa shape index (κ2) is 5.77. The van der Waals surface area contributed by atoms with Crippen molar-refractivity contribution in [3.05, 3.63) is 66.7 Å². The lowest BCUT2D eigenvalue weighted by Gasteiger charge is -2.10. The van der Waals surface area contributed by atoms with Crippen LogP contribution >= 0.6 is 15.9 Å². The number of Topliss-reactive ketones (excluding diaryl/α,β-unsaturated/α-hetero) is 1. The van der Waals surface area contributed by atoms with E-state index in [4.69, 9.17) is 0 Å². The predicted molar refractivity (Wildman–Crippen MR) is 79.1 cm³/mol. The standard InChI is InChI=1S/C14H12BrFN2O3/c1-8(19)11-7-18(14(21)17(2)13(11)20)6-9-5-10(15)3-4-12(9)16/h3-5,7H,6H2,1-2H3. The Morgan fingerprint density at radius 3 is 2.62 bits per heavy atom. The Bertz CT molecular complexity index is 839. The number of hydrogen-bond acceptors (Lipinski definition) is 3. The third kappa shape index (κ3) is 3.02. The van der Waals surface area contributed by atoms with Crippen molar-refractivity contribution in [1.82, 2.24) is 9.13 Å². The van der Waals surface area contributed by atoms with Crippen molar-refractivity contribution in [2.24, 2.45) is 7.05 Å². The Balaban J connectivity index is 2.60. The molecule has 1 aromatic carbocycles. The normalized spacial score (nSPS) is 10.7. The summed E-state index contributed by atoms with van der Waals surface area (Å²) < 4.78 is 16.4. The maximum Gasteiger partial charge on any atom is 0.331 e. The maximum atomic E-state index is 13.8. The molecule has 110 valence electrons. The molecule has 0 aliphatic carbocycles. The van der Waals surface area contributed by atoms with Crippen molar-refractivity contribution < 1.29 is 9.18 Å². The molecule has 1 aromatic heterocycles. The fourth-order valence-corrected chi connectivity index (χ4v) is 2.34. The molecule has 1 heterocycles. The third-order valence-corrected chi connectivity index (χ3v) is 3.57. The minimum Gasteiger partial charge on any atom is -0.295 e. The average Bonchev–Trinajstić information content (AvgIpc) is 2.43. The van der Waals surface area contributed by atoms with Gasteiger partial charge in [0.15, 0.2) is 5.78 Å². The Morgan fingerprint density at radius 1 is 1.33 bits per heavy atom. The highest BCUT2D eigenvalue weighted by Gasteiger charge is 2.13. The van der Waals surface area contributed by atoms with Crippen LogP contribution in [0.1, 0.15) is 22.8 Å². The Morgan fingerprint density at radius 2 is 2.00 bits per heavy atom. The van der Waals surface area contributed by atoms with Gasteiger partial charge in [0.1, 0.15) is 5.82 Å². The third-order valence-electron chi connectivity index (χ3n) is 3.08. The van der Waals surface area contributed by atoms with Crippen LogP contribution in [0.15, 0.2) is 38.5 Å². The zero-order valence-corrected chi connectivity index (χ0v) is 13.0. The largest absolute Gasteiger partial charge is 0.331 e. The first-order valence-electron chi connectivity index (χ1n) is 6.06. The van der Waals surface area contributed by atoms with Gasteiger partial charge >= 0.3 is 5.69 Å². The van der Waals surface area contributed by atoms with Crippen molar-refractivity contribution in [3.8, 4) is 0 Å². The van der Waals surface area contributed by atoms with Gasteiger partial charge < -0.3 is 0 Å². The van der Waals surface area contributed by atoms with E-state index in [2.05, 4.69) is 15.9 Å². The van der Waals surface area contributed by atoms with E-state index in [-0.39, 0.29) is 17.7 Å². The zero-order valence-electron chi connectivity index (χ0n) is 11.4. The molecule has 0 unspecified atom stereocenters. The van der Waals surface area contributed by atoms with Crippen LogP contribution in [-0.4, -0.2) is 14.9 Å². The summed E-state index contributed by atoms with van der Waals surface area (Å²) in [6.07, 6.45) is 1.17. The molecule has 7 heteroatoms. The van der Waals surface area contributed by atoms with Crippen molar-refractivity contribution in [2.45, 2.75) is 13.5 Å². The molecule has 0 amide bonds. The number of ketones is 1. The number of halogens is 2. The summed E-state index contributed by atoms with van der Waals surface area (Å²) in [5, 5.41) is 0. The Kier molecular flexibility index (Phi) is 4.22. The molecular formula is C14H12BrFN2O3.